The molecule has 0 aliphatic heterocycles. The van der Waals surface area contributed by atoms with E-state index in [0.717, 1.165) is 25.5 Å². The number of aryl methyl sites for hydroxylation is 1. The number of anilines is 1. The zero-order valence-corrected chi connectivity index (χ0v) is 12.6. The lowest BCUT2D eigenvalue weighted by atomic mass is 10.1. The summed E-state index contributed by atoms with van der Waals surface area (Å²) in [4.78, 5) is 6.71. The molecule has 2 aromatic rings. The van der Waals surface area contributed by atoms with E-state index in [-0.39, 0.29) is 0 Å². The molecule has 0 aliphatic carbocycles. The Labute approximate surface area is 121 Å². The van der Waals surface area contributed by atoms with Gasteiger partial charge in [-0.05, 0) is 32.5 Å². The molecule has 1 N–H and O–H groups in total. The minimum Gasteiger partial charge on any atom is -0.370 e. The summed E-state index contributed by atoms with van der Waals surface area (Å²) in [6, 6.07) is 12.8. The molecule has 3 heteroatoms. The molecule has 0 atom stereocenters. The first-order chi connectivity index (χ1) is 9.69. The van der Waals surface area contributed by atoms with Crippen molar-refractivity contribution < 1.29 is 0 Å². The first-order valence-corrected chi connectivity index (χ1v) is 7.11. The van der Waals surface area contributed by atoms with Crippen LogP contribution in [0.3, 0.4) is 0 Å². The van der Waals surface area contributed by atoms with Crippen LogP contribution >= 0.6 is 0 Å². The summed E-state index contributed by atoms with van der Waals surface area (Å²) in [5, 5.41) is 3.32. The van der Waals surface area contributed by atoms with E-state index in [1.165, 1.54) is 16.7 Å². The SMILES string of the molecule is CCNc1ncccc1CN(C)Cc1ccc(C)cc1. The van der Waals surface area contributed by atoms with Crippen molar-refractivity contribution in [3.8, 4) is 0 Å². The van der Waals surface area contributed by atoms with Crippen molar-refractivity contribution in [1.82, 2.24) is 9.88 Å². The van der Waals surface area contributed by atoms with Gasteiger partial charge < -0.3 is 5.32 Å². The zero-order chi connectivity index (χ0) is 14.4. The minimum absolute atomic E-state index is 0.893. The third-order valence-corrected chi connectivity index (χ3v) is 3.25. The van der Waals surface area contributed by atoms with Crippen LogP contribution in [0.2, 0.25) is 0 Å². The van der Waals surface area contributed by atoms with Crippen LogP contribution < -0.4 is 5.32 Å². The molecule has 1 heterocycles. The lowest BCUT2D eigenvalue weighted by Crippen LogP contribution is -2.18. The number of nitrogens with one attached hydrogen (secondary N) is 1. The highest BCUT2D eigenvalue weighted by molar-refractivity contribution is 5.43. The van der Waals surface area contributed by atoms with Gasteiger partial charge in [0, 0.05) is 31.4 Å². The Morgan fingerprint density at radius 2 is 1.85 bits per heavy atom. The van der Waals surface area contributed by atoms with Crippen molar-refractivity contribution in [3.63, 3.8) is 0 Å². The highest BCUT2D eigenvalue weighted by Gasteiger charge is 2.06. The van der Waals surface area contributed by atoms with Crippen molar-refractivity contribution in [2.24, 2.45) is 0 Å². The van der Waals surface area contributed by atoms with Crippen molar-refractivity contribution in [1.29, 1.82) is 0 Å². The number of aromatic nitrogens is 1. The van der Waals surface area contributed by atoms with Crippen LogP contribution in [0.15, 0.2) is 42.6 Å². The Bertz CT molecular complexity index is 534. The second-order valence-electron chi connectivity index (χ2n) is 5.20. The number of hydrogen-bond acceptors (Lipinski definition) is 3. The van der Waals surface area contributed by atoms with E-state index in [0.29, 0.717) is 0 Å². The number of nitrogens with zero attached hydrogens (tertiary/aromatic N) is 2. The molecule has 0 bridgehead atoms. The molecular formula is C17H23N3. The average Bonchev–Trinajstić information content (AvgIpc) is 2.44. The molecule has 0 amide bonds. The summed E-state index contributed by atoms with van der Waals surface area (Å²) in [7, 11) is 2.14. The van der Waals surface area contributed by atoms with Gasteiger partial charge >= 0.3 is 0 Å². The lowest BCUT2D eigenvalue weighted by molar-refractivity contribution is 0.319. The van der Waals surface area contributed by atoms with Gasteiger partial charge in [-0.25, -0.2) is 4.98 Å². The lowest BCUT2D eigenvalue weighted by Gasteiger charge is -2.18. The number of hydrogen-bond donors (Lipinski definition) is 1. The first kappa shape index (κ1) is 14.5. The Kier molecular flexibility index (Phi) is 5.13. The molecule has 0 radical (unpaired) electrons. The quantitative estimate of drug-likeness (QED) is 0.870. The predicted molar refractivity (Wildman–Crippen MR) is 84.8 cm³/mol. The van der Waals surface area contributed by atoms with Crippen LogP contribution in [0.4, 0.5) is 5.82 Å². The molecule has 0 saturated carbocycles. The zero-order valence-electron chi connectivity index (χ0n) is 12.6. The Morgan fingerprint density at radius 3 is 2.55 bits per heavy atom. The van der Waals surface area contributed by atoms with Crippen LogP contribution in [0, 0.1) is 6.92 Å². The largest absolute Gasteiger partial charge is 0.370 e. The summed E-state index contributed by atoms with van der Waals surface area (Å²) >= 11 is 0. The van der Waals surface area contributed by atoms with Gasteiger partial charge in [0.15, 0.2) is 0 Å². The average molecular weight is 269 g/mol. The summed E-state index contributed by atoms with van der Waals surface area (Å²) in [5.74, 6) is 0.991. The van der Waals surface area contributed by atoms with E-state index in [4.69, 9.17) is 0 Å². The number of rotatable bonds is 6. The number of benzene rings is 1. The maximum absolute atomic E-state index is 4.40. The molecule has 20 heavy (non-hydrogen) atoms. The molecule has 3 nitrogen and oxygen atoms in total. The highest BCUT2D eigenvalue weighted by atomic mass is 15.1. The summed E-state index contributed by atoms with van der Waals surface area (Å²) in [6.07, 6.45) is 1.83. The molecule has 1 aromatic carbocycles. The summed E-state index contributed by atoms with van der Waals surface area (Å²) in [5.41, 5.74) is 3.88. The fourth-order valence-corrected chi connectivity index (χ4v) is 2.24. The summed E-state index contributed by atoms with van der Waals surface area (Å²) in [6.45, 7) is 6.94. The van der Waals surface area contributed by atoms with Gasteiger partial charge in [0.2, 0.25) is 0 Å². The van der Waals surface area contributed by atoms with Crippen LogP contribution in [0.25, 0.3) is 0 Å². The molecular weight excluding hydrogens is 246 g/mol. The predicted octanol–water partition coefficient (Wildman–Crippen LogP) is 3.45. The van der Waals surface area contributed by atoms with E-state index in [1.807, 2.05) is 12.3 Å². The van der Waals surface area contributed by atoms with Crippen molar-refractivity contribution in [2.75, 3.05) is 18.9 Å². The van der Waals surface area contributed by atoms with Crippen LogP contribution in [0.1, 0.15) is 23.6 Å². The monoisotopic (exact) mass is 269 g/mol. The first-order valence-electron chi connectivity index (χ1n) is 7.11. The van der Waals surface area contributed by atoms with E-state index in [2.05, 4.69) is 66.4 Å². The van der Waals surface area contributed by atoms with E-state index >= 15 is 0 Å². The fraction of sp³-hybridized carbons (Fsp3) is 0.353. The van der Waals surface area contributed by atoms with E-state index < -0.39 is 0 Å². The second kappa shape index (κ2) is 7.06. The maximum Gasteiger partial charge on any atom is 0.130 e. The van der Waals surface area contributed by atoms with E-state index in [9.17, 15) is 0 Å². The standard InChI is InChI=1S/C17H23N3/c1-4-18-17-16(6-5-11-19-17)13-20(3)12-15-9-7-14(2)8-10-15/h5-11H,4,12-13H2,1-3H3,(H,18,19). The van der Waals surface area contributed by atoms with Crippen LogP contribution in [-0.4, -0.2) is 23.5 Å². The topological polar surface area (TPSA) is 28.2 Å². The van der Waals surface area contributed by atoms with Gasteiger partial charge in [0.25, 0.3) is 0 Å². The maximum atomic E-state index is 4.40. The van der Waals surface area contributed by atoms with Gasteiger partial charge in [-0.2, -0.15) is 0 Å². The van der Waals surface area contributed by atoms with Gasteiger partial charge in [-0.3, -0.25) is 4.90 Å². The molecule has 106 valence electrons. The Balaban J connectivity index is 2.00. The molecule has 0 unspecified atom stereocenters. The van der Waals surface area contributed by atoms with Gasteiger partial charge in [0.1, 0.15) is 5.82 Å². The van der Waals surface area contributed by atoms with Crippen molar-refractivity contribution >= 4 is 5.82 Å². The van der Waals surface area contributed by atoms with Crippen molar-refractivity contribution in [2.45, 2.75) is 26.9 Å². The van der Waals surface area contributed by atoms with Gasteiger partial charge in [0.05, 0.1) is 0 Å². The molecule has 0 aliphatic rings. The number of pyridine rings is 1. The molecule has 2 rings (SSSR count). The normalized spacial score (nSPS) is 10.8. The third kappa shape index (κ3) is 4.07. The molecule has 0 fully saturated rings. The summed E-state index contributed by atoms with van der Waals surface area (Å²) < 4.78 is 0. The third-order valence-electron chi connectivity index (χ3n) is 3.25. The minimum atomic E-state index is 0.893. The second-order valence-corrected chi connectivity index (χ2v) is 5.20. The van der Waals surface area contributed by atoms with Crippen molar-refractivity contribution in [3.05, 3.63) is 59.3 Å². The van der Waals surface area contributed by atoms with E-state index in [1.54, 1.807) is 0 Å². The highest BCUT2D eigenvalue weighted by Crippen LogP contribution is 2.15. The van der Waals surface area contributed by atoms with Gasteiger partial charge in [-0.1, -0.05) is 35.9 Å². The Morgan fingerprint density at radius 1 is 1.10 bits per heavy atom. The molecule has 0 saturated heterocycles. The fourth-order valence-electron chi connectivity index (χ4n) is 2.24. The van der Waals surface area contributed by atoms with Gasteiger partial charge in [-0.15, -0.1) is 0 Å². The van der Waals surface area contributed by atoms with Crippen LogP contribution in [0.5, 0.6) is 0 Å². The molecule has 0 spiro atoms. The smallest absolute Gasteiger partial charge is 0.130 e. The molecule has 1 aromatic heterocycles. The van der Waals surface area contributed by atoms with Crippen LogP contribution in [-0.2, 0) is 13.1 Å². The Hall–Kier alpha value is -1.87.